The van der Waals surface area contributed by atoms with E-state index in [2.05, 4.69) is 58.5 Å². The normalized spacial score (nSPS) is 11.6. The SMILES string of the molecule is CC(=O)N(C)C.CC(O)(CCO)c1c[n-]cn1.[Rb+].c1ccc2ccccc2c1. The van der Waals surface area contributed by atoms with Crippen molar-refractivity contribution in [2.75, 3.05) is 20.7 Å². The third-order valence-electron chi connectivity index (χ3n) is 3.90. The van der Waals surface area contributed by atoms with Crippen LogP contribution in [0.3, 0.4) is 0 Å². The number of rotatable bonds is 3. The number of aliphatic hydroxyl groups is 2. The van der Waals surface area contributed by atoms with Gasteiger partial charge < -0.3 is 25.1 Å². The number of benzene rings is 2. The van der Waals surface area contributed by atoms with Gasteiger partial charge in [-0.2, -0.15) is 0 Å². The van der Waals surface area contributed by atoms with Crippen LogP contribution in [0.25, 0.3) is 10.8 Å². The predicted molar refractivity (Wildman–Crippen MR) is 107 cm³/mol. The summed E-state index contributed by atoms with van der Waals surface area (Å²) in [5.41, 5.74) is -0.544. The molecule has 1 unspecified atom stereocenters. The van der Waals surface area contributed by atoms with Crippen molar-refractivity contribution in [2.45, 2.75) is 25.9 Å². The molecule has 0 aliphatic heterocycles. The summed E-state index contributed by atoms with van der Waals surface area (Å²) in [6.07, 6.45) is 3.16. The molecule has 3 aromatic rings. The maximum absolute atomic E-state index is 10.1. The van der Waals surface area contributed by atoms with Crippen LogP contribution < -0.4 is 63.2 Å². The molecule has 0 aliphatic rings. The van der Waals surface area contributed by atoms with Gasteiger partial charge in [0.1, 0.15) is 0 Å². The molecule has 0 saturated heterocycles. The van der Waals surface area contributed by atoms with Crippen LogP contribution in [0, 0.1) is 0 Å². The molecule has 28 heavy (non-hydrogen) atoms. The van der Waals surface area contributed by atoms with Crippen LogP contribution in [0.4, 0.5) is 0 Å². The van der Waals surface area contributed by atoms with E-state index in [0.29, 0.717) is 5.69 Å². The molecule has 0 spiro atoms. The van der Waals surface area contributed by atoms with E-state index in [1.807, 2.05) is 0 Å². The molecular weight excluding hydrogens is 428 g/mol. The molecule has 0 bridgehead atoms. The smallest absolute Gasteiger partial charge is 0.449 e. The van der Waals surface area contributed by atoms with E-state index in [0.717, 1.165) is 0 Å². The number of carbonyl (C=O) groups is 1. The molecule has 7 heteroatoms. The number of amides is 1. The number of carbonyl (C=O) groups excluding carboxylic acids is 1. The molecule has 1 aromatic heterocycles. The van der Waals surface area contributed by atoms with Crippen LogP contribution in [0.2, 0.25) is 0 Å². The van der Waals surface area contributed by atoms with Gasteiger partial charge in [0.05, 0.1) is 5.60 Å². The fourth-order valence-electron chi connectivity index (χ4n) is 1.99. The quantitative estimate of drug-likeness (QED) is 0.559. The van der Waals surface area contributed by atoms with Crippen molar-refractivity contribution in [3.63, 3.8) is 0 Å². The van der Waals surface area contributed by atoms with Crippen molar-refractivity contribution < 1.29 is 73.2 Å². The Kier molecular flexibility index (Phi) is 13.7. The average Bonchev–Trinajstić information content (AvgIpc) is 3.18. The molecule has 1 heterocycles. The first-order chi connectivity index (χ1) is 12.8. The first-order valence-electron chi connectivity index (χ1n) is 8.66. The van der Waals surface area contributed by atoms with Crippen molar-refractivity contribution in [3.8, 4) is 0 Å². The molecule has 0 fully saturated rings. The minimum atomic E-state index is -1.05. The molecule has 0 aliphatic carbocycles. The fourth-order valence-corrected chi connectivity index (χ4v) is 1.99. The molecule has 0 saturated carbocycles. The zero-order valence-electron chi connectivity index (χ0n) is 17.3. The zero-order chi connectivity index (χ0) is 20.3. The topological polar surface area (TPSA) is 87.8 Å². The van der Waals surface area contributed by atoms with E-state index >= 15 is 0 Å². The standard InChI is InChI=1S/C10H8.C7H11N2O2.C4H9NO.Rb/c1-2-6-10-8-4-3-7-9(10)5-1;1-7(11,2-3-10)6-4-8-5-9-6;1-4(6)5(2)3;/h1-8H;4-5,10-11H,2-3H2,1H3;1-3H3;/q;-1;;+1. The van der Waals surface area contributed by atoms with Crippen molar-refractivity contribution >= 4 is 16.7 Å². The number of aliphatic hydroxyl groups excluding tert-OH is 1. The van der Waals surface area contributed by atoms with Crippen LogP contribution in [-0.4, -0.2) is 46.7 Å². The first-order valence-corrected chi connectivity index (χ1v) is 8.66. The van der Waals surface area contributed by atoms with Gasteiger partial charge >= 0.3 is 58.2 Å². The van der Waals surface area contributed by atoms with Gasteiger partial charge in [0.2, 0.25) is 5.91 Å². The molecule has 2 N–H and O–H groups in total. The van der Waals surface area contributed by atoms with Gasteiger partial charge in [-0.25, -0.2) is 0 Å². The van der Waals surface area contributed by atoms with Gasteiger partial charge in [-0.1, -0.05) is 61.1 Å². The number of nitrogens with zero attached hydrogens (tertiary/aromatic N) is 3. The molecule has 1 amide bonds. The molecule has 3 rings (SSSR count). The third-order valence-corrected chi connectivity index (χ3v) is 3.90. The summed E-state index contributed by atoms with van der Waals surface area (Å²) in [5.74, 6) is 0.0926. The maximum Gasteiger partial charge on any atom is 1.00 e. The summed E-state index contributed by atoms with van der Waals surface area (Å²) < 4.78 is 0. The van der Waals surface area contributed by atoms with Gasteiger partial charge in [0, 0.05) is 34.0 Å². The van der Waals surface area contributed by atoms with Crippen molar-refractivity contribution in [3.05, 3.63) is 66.7 Å². The second-order valence-corrected chi connectivity index (χ2v) is 6.42. The number of fused-ring (bicyclic) bond motifs is 1. The Morgan fingerprint density at radius 3 is 1.82 bits per heavy atom. The molecule has 6 nitrogen and oxygen atoms in total. The predicted octanol–water partition coefficient (Wildman–Crippen LogP) is -0.433. The number of imidazole rings is 1. The van der Waals surface area contributed by atoms with Crippen molar-refractivity contribution in [1.29, 1.82) is 0 Å². The van der Waals surface area contributed by atoms with Crippen LogP contribution >= 0.6 is 0 Å². The van der Waals surface area contributed by atoms with Gasteiger partial charge in [-0.3, -0.25) is 4.79 Å². The number of aromatic nitrogens is 2. The monoisotopic (exact) mass is 455 g/mol. The fraction of sp³-hybridized carbons (Fsp3) is 0.333. The zero-order valence-corrected chi connectivity index (χ0v) is 22.2. The Morgan fingerprint density at radius 2 is 1.54 bits per heavy atom. The Hall–Kier alpha value is -0.895. The Bertz CT molecular complexity index is 740. The summed E-state index contributed by atoms with van der Waals surface area (Å²) in [6.45, 7) is 3.08. The summed E-state index contributed by atoms with van der Waals surface area (Å²) in [7, 11) is 3.45. The second-order valence-electron chi connectivity index (χ2n) is 6.42. The van der Waals surface area contributed by atoms with Crippen molar-refractivity contribution in [1.82, 2.24) is 14.9 Å². The van der Waals surface area contributed by atoms with Gasteiger partial charge in [0.25, 0.3) is 0 Å². The summed E-state index contributed by atoms with van der Waals surface area (Å²) >= 11 is 0. The number of hydrogen-bond donors (Lipinski definition) is 2. The second kappa shape index (κ2) is 14.1. The van der Waals surface area contributed by atoms with Crippen LogP contribution in [0.1, 0.15) is 26.0 Å². The Morgan fingerprint density at radius 1 is 1.11 bits per heavy atom. The van der Waals surface area contributed by atoms with E-state index in [1.54, 1.807) is 21.0 Å². The Balaban J connectivity index is 0.000000401. The molecule has 1 atom stereocenters. The van der Waals surface area contributed by atoms with E-state index in [1.165, 1.54) is 35.1 Å². The van der Waals surface area contributed by atoms with Crippen LogP contribution in [0.15, 0.2) is 61.1 Å². The maximum atomic E-state index is 10.1. The van der Waals surface area contributed by atoms with E-state index in [4.69, 9.17) is 5.11 Å². The minimum Gasteiger partial charge on any atom is -0.449 e. The Labute approximate surface area is 215 Å². The number of hydrogen-bond acceptors (Lipinski definition) is 4. The summed E-state index contributed by atoms with van der Waals surface area (Å²) in [4.78, 5) is 19.1. The molecular formula is C21H28N3O3Rb. The van der Waals surface area contributed by atoms with E-state index < -0.39 is 5.60 Å². The van der Waals surface area contributed by atoms with Gasteiger partial charge in [-0.15, -0.1) is 0 Å². The minimum absolute atomic E-state index is 0. The van der Waals surface area contributed by atoms with Crippen LogP contribution in [-0.2, 0) is 10.4 Å². The van der Waals surface area contributed by atoms with E-state index in [-0.39, 0.29) is 77.1 Å². The third kappa shape index (κ3) is 10.0. The summed E-state index contributed by atoms with van der Waals surface area (Å²) in [5, 5.41) is 20.8. The van der Waals surface area contributed by atoms with E-state index in [9.17, 15) is 9.90 Å². The summed E-state index contributed by atoms with van der Waals surface area (Å²) in [6, 6.07) is 16.7. The average molecular weight is 456 g/mol. The molecule has 146 valence electrons. The van der Waals surface area contributed by atoms with Gasteiger partial charge in [0.15, 0.2) is 0 Å². The molecule has 0 radical (unpaired) electrons. The van der Waals surface area contributed by atoms with Crippen LogP contribution in [0.5, 0.6) is 0 Å². The first kappa shape index (κ1) is 27.1. The largest absolute Gasteiger partial charge is 1.00 e. The van der Waals surface area contributed by atoms with Crippen molar-refractivity contribution in [2.24, 2.45) is 0 Å². The molecule has 2 aromatic carbocycles. The van der Waals surface area contributed by atoms with Gasteiger partial charge in [-0.05, 0) is 23.4 Å².